The van der Waals surface area contributed by atoms with Gasteiger partial charge in [-0.25, -0.2) is 9.59 Å². The number of unbranched alkanes of at least 4 members (excludes halogenated alkanes) is 1. The van der Waals surface area contributed by atoms with E-state index in [9.17, 15) is 24.0 Å². The fraction of sp³-hybridized carbons (Fsp3) is 0.773. The number of amides is 7. The summed E-state index contributed by atoms with van der Waals surface area (Å²) in [5.41, 5.74) is 11.5. The Kier molecular flexibility index (Phi) is 14.7. The lowest BCUT2D eigenvalue weighted by Gasteiger charge is -2.31. The number of likely N-dealkylation sites (tertiary alicyclic amines) is 1. The largest absolute Gasteiger partial charge is 0.342 e. The van der Waals surface area contributed by atoms with E-state index >= 15 is 0 Å². The first-order chi connectivity index (χ1) is 17.1. The fourth-order valence-electron chi connectivity index (χ4n) is 3.81. The maximum atomic E-state index is 13.3. The van der Waals surface area contributed by atoms with Crippen molar-refractivity contribution in [1.29, 1.82) is 0 Å². The Bertz CT molecular complexity index is 751. The van der Waals surface area contributed by atoms with Crippen molar-refractivity contribution in [2.24, 2.45) is 17.4 Å². The average Bonchev–Trinajstić information content (AvgIpc) is 3.34. The van der Waals surface area contributed by atoms with E-state index in [2.05, 4.69) is 16.0 Å². The highest BCUT2D eigenvalue weighted by molar-refractivity contribution is 6.18. The smallest absolute Gasteiger partial charge is 0.332 e. The van der Waals surface area contributed by atoms with Gasteiger partial charge in [0.25, 0.3) is 5.91 Å². The zero-order chi connectivity index (χ0) is 27.3. The number of hydrogen-bond donors (Lipinski definition) is 5. The van der Waals surface area contributed by atoms with Gasteiger partial charge in [0.05, 0.1) is 6.04 Å². The third-order valence-electron chi connectivity index (χ3n) is 5.72. The molecule has 3 atom stereocenters. The third-order valence-corrected chi connectivity index (χ3v) is 6.10. The average molecular weight is 553 g/mol. The molecule has 0 saturated carbocycles. The van der Waals surface area contributed by atoms with Crippen LogP contribution in [-0.4, -0.2) is 95.6 Å². The van der Waals surface area contributed by atoms with Gasteiger partial charge in [-0.3, -0.25) is 14.4 Å². The Hall–Kier alpha value is -2.15. The molecule has 7 N–H and O–H groups in total. The van der Waals surface area contributed by atoms with Crippen molar-refractivity contribution in [2.75, 3.05) is 37.9 Å². The molecule has 1 fully saturated rings. The molecule has 1 saturated heterocycles. The highest BCUT2D eigenvalue weighted by Crippen LogP contribution is 2.20. The first-order valence-corrected chi connectivity index (χ1v) is 13.3. The summed E-state index contributed by atoms with van der Waals surface area (Å²) in [5, 5.41) is 7.41. The molecule has 7 amide bonds. The monoisotopic (exact) mass is 551 g/mol. The third kappa shape index (κ3) is 9.38. The van der Waals surface area contributed by atoms with Gasteiger partial charge in [-0.1, -0.05) is 20.3 Å². The van der Waals surface area contributed by atoms with E-state index in [-0.39, 0.29) is 30.8 Å². The van der Waals surface area contributed by atoms with Crippen LogP contribution in [0.2, 0.25) is 0 Å². The van der Waals surface area contributed by atoms with Gasteiger partial charge in [0.2, 0.25) is 11.8 Å². The van der Waals surface area contributed by atoms with Gasteiger partial charge in [0, 0.05) is 31.4 Å². The van der Waals surface area contributed by atoms with Crippen LogP contribution in [0, 0.1) is 5.92 Å². The second-order valence-electron chi connectivity index (χ2n) is 8.83. The lowest BCUT2D eigenvalue weighted by atomic mass is 10.0. The Morgan fingerprint density at radius 1 is 1.03 bits per heavy atom. The summed E-state index contributed by atoms with van der Waals surface area (Å²) >= 11 is 11.2. The molecule has 0 bridgehead atoms. The number of imide groups is 3. The van der Waals surface area contributed by atoms with Crippen LogP contribution in [0.25, 0.3) is 0 Å². The Morgan fingerprint density at radius 2 is 1.61 bits per heavy atom. The van der Waals surface area contributed by atoms with Crippen LogP contribution in [0.15, 0.2) is 0 Å². The molecule has 0 spiro atoms. The number of hydrogen-bond acceptors (Lipinski definition) is 7. The summed E-state index contributed by atoms with van der Waals surface area (Å²) in [6, 6.07) is -4.73. The van der Waals surface area contributed by atoms with Crippen LogP contribution in [0.3, 0.4) is 0 Å². The molecular formula is C22H39Cl2N7O5. The lowest BCUT2D eigenvalue weighted by molar-refractivity contribution is -0.141. The van der Waals surface area contributed by atoms with Crippen molar-refractivity contribution < 1.29 is 24.0 Å². The predicted molar refractivity (Wildman–Crippen MR) is 137 cm³/mol. The highest BCUT2D eigenvalue weighted by atomic mass is 35.5. The predicted octanol–water partition coefficient (Wildman–Crippen LogP) is 0.300. The van der Waals surface area contributed by atoms with Crippen LogP contribution < -0.4 is 27.4 Å². The van der Waals surface area contributed by atoms with Crippen molar-refractivity contribution in [3.63, 3.8) is 0 Å². The zero-order valence-corrected chi connectivity index (χ0v) is 22.4. The molecule has 0 unspecified atom stereocenters. The van der Waals surface area contributed by atoms with Crippen molar-refractivity contribution >= 4 is 53.0 Å². The number of nitrogens with zero attached hydrogens (tertiary/aromatic N) is 2. The number of nitrogens with two attached hydrogens (primary N) is 2. The summed E-state index contributed by atoms with van der Waals surface area (Å²) in [7, 11) is 0. The number of rotatable bonds is 13. The van der Waals surface area contributed by atoms with Crippen LogP contribution in [0.4, 0.5) is 9.59 Å². The van der Waals surface area contributed by atoms with E-state index in [1.807, 2.05) is 0 Å². The maximum absolute atomic E-state index is 13.3. The summed E-state index contributed by atoms with van der Waals surface area (Å²) in [6.07, 6.45) is 2.91. The highest BCUT2D eigenvalue weighted by Gasteiger charge is 2.40. The van der Waals surface area contributed by atoms with Crippen LogP contribution >= 0.6 is 23.2 Å². The first-order valence-electron chi connectivity index (χ1n) is 12.2. The Labute approximate surface area is 222 Å². The number of alkyl halides is 2. The molecule has 206 valence electrons. The van der Waals surface area contributed by atoms with E-state index in [1.165, 1.54) is 4.90 Å². The van der Waals surface area contributed by atoms with E-state index in [0.29, 0.717) is 43.7 Å². The van der Waals surface area contributed by atoms with Crippen LogP contribution in [0.1, 0.15) is 46.0 Å². The molecule has 1 aliphatic rings. The minimum Gasteiger partial charge on any atom is -0.342 e. The topological polar surface area (TPSA) is 180 Å². The van der Waals surface area contributed by atoms with Crippen molar-refractivity contribution in [3.05, 3.63) is 0 Å². The van der Waals surface area contributed by atoms with Gasteiger partial charge >= 0.3 is 12.1 Å². The molecule has 0 aromatic carbocycles. The Balaban J connectivity index is 3.03. The second kappa shape index (κ2) is 16.6. The summed E-state index contributed by atoms with van der Waals surface area (Å²) in [4.78, 5) is 66.4. The molecule has 14 heteroatoms. The molecule has 0 aliphatic carbocycles. The van der Waals surface area contributed by atoms with Crippen molar-refractivity contribution in [2.45, 2.75) is 64.1 Å². The molecule has 1 aliphatic heterocycles. The van der Waals surface area contributed by atoms with E-state index in [1.54, 1.807) is 13.8 Å². The molecule has 0 aromatic rings. The number of halogens is 2. The Morgan fingerprint density at radius 3 is 2.11 bits per heavy atom. The number of nitrogens with one attached hydrogen (secondary N) is 3. The molecular weight excluding hydrogens is 513 g/mol. The minimum atomic E-state index is -1.21. The van der Waals surface area contributed by atoms with Crippen LogP contribution in [0.5, 0.6) is 0 Å². The molecule has 1 rings (SSSR count). The lowest BCUT2D eigenvalue weighted by Crippen LogP contribution is -2.61. The van der Waals surface area contributed by atoms with Gasteiger partial charge in [-0.2, -0.15) is 4.90 Å². The van der Waals surface area contributed by atoms with E-state index < -0.39 is 47.9 Å². The number of urea groups is 2. The van der Waals surface area contributed by atoms with Crippen LogP contribution in [-0.2, 0) is 14.4 Å². The first kappa shape index (κ1) is 31.9. The van der Waals surface area contributed by atoms with Gasteiger partial charge in [0.1, 0.15) is 12.1 Å². The van der Waals surface area contributed by atoms with Gasteiger partial charge in [-0.05, 0) is 38.1 Å². The standard InChI is InChI=1S/C22H39Cl2N7O5/c1-14(2)17(20(34)31(21(35)27-11-8-23)22(36)28-12-9-24)29-18(32)16-7-5-13-30(16)19(33)15(26)6-3-4-10-25/h14-17H,3-13,25-26H2,1-2H3,(H,27,35)(H,28,36)(H,29,32)/t15-,16-,17-/m0/s1. The van der Waals surface area contributed by atoms with Gasteiger partial charge in [0.15, 0.2) is 0 Å². The maximum Gasteiger partial charge on any atom is 0.332 e. The normalized spacial score (nSPS) is 16.9. The molecule has 1 heterocycles. The summed E-state index contributed by atoms with van der Waals surface area (Å²) in [6.45, 7) is 4.26. The minimum absolute atomic E-state index is 0.0241. The summed E-state index contributed by atoms with van der Waals surface area (Å²) < 4.78 is 0. The molecule has 0 radical (unpaired) electrons. The molecule has 36 heavy (non-hydrogen) atoms. The van der Waals surface area contributed by atoms with Gasteiger partial charge in [-0.15, -0.1) is 23.2 Å². The fourth-order valence-corrected chi connectivity index (χ4v) is 4.00. The van der Waals surface area contributed by atoms with Gasteiger partial charge < -0.3 is 32.3 Å². The van der Waals surface area contributed by atoms with E-state index in [4.69, 9.17) is 34.7 Å². The quantitative estimate of drug-likeness (QED) is 0.161. The van der Waals surface area contributed by atoms with Crippen molar-refractivity contribution in [1.82, 2.24) is 25.8 Å². The summed E-state index contributed by atoms with van der Waals surface area (Å²) in [5.74, 6) is -2.15. The van der Waals surface area contributed by atoms with Crippen molar-refractivity contribution in [3.8, 4) is 0 Å². The zero-order valence-electron chi connectivity index (χ0n) is 20.9. The van der Waals surface area contributed by atoms with E-state index in [0.717, 1.165) is 6.42 Å². The molecule has 12 nitrogen and oxygen atoms in total. The SMILES string of the molecule is CC(C)[C@H](NC(=O)[C@@H]1CCCN1C(=O)[C@@H](N)CCCCN)C(=O)N(C(=O)NCCCl)C(=O)NCCCl. The number of carbonyl (C=O) groups is 5. The molecule has 0 aromatic heterocycles. The second-order valence-corrected chi connectivity index (χ2v) is 9.58. The number of carbonyl (C=O) groups excluding carboxylic acids is 5.